The van der Waals surface area contributed by atoms with E-state index < -0.39 is 0 Å². The number of benzene rings is 1. The van der Waals surface area contributed by atoms with E-state index in [0.717, 1.165) is 19.3 Å². The molecule has 26 heavy (non-hydrogen) atoms. The van der Waals surface area contributed by atoms with E-state index in [2.05, 4.69) is 60.6 Å². The molecule has 1 nitrogen and oxygen atoms in total. The van der Waals surface area contributed by atoms with E-state index in [1.807, 2.05) is 0 Å². The molecule has 0 fully saturated rings. The van der Waals surface area contributed by atoms with Crippen molar-refractivity contribution < 1.29 is 5.11 Å². The van der Waals surface area contributed by atoms with Crippen LogP contribution in [0.15, 0.2) is 12.1 Å². The van der Waals surface area contributed by atoms with Gasteiger partial charge in [-0.25, -0.2) is 0 Å². The zero-order valence-electron chi connectivity index (χ0n) is 18.7. The summed E-state index contributed by atoms with van der Waals surface area (Å²) < 4.78 is 0. The normalized spacial score (nSPS) is 14.4. The number of rotatable bonds is 11. The van der Waals surface area contributed by atoms with Crippen LogP contribution in [0.4, 0.5) is 0 Å². The van der Waals surface area contributed by atoms with Crippen LogP contribution in [0.1, 0.15) is 117 Å². The molecule has 0 spiro atoms. The molecule has 150 valence electrons. The van der Waals surface area contributed by atoms with E-state index in [0.29, 0.717) is 5.75 Å². The second-order valence-electron chi connectivity index (χ2n) is 9.65. The summed E-state index contributed by atoms with van der Waals surface area (Å²) in [5.74, 6) is 0.573. The van der Waals surface area contributed by atoms with Gasteiger partial charge in [0.25, 0.3) is 0 Å². The molecular weight excluding hydrogens is 316 g/mol. The van der Waals surface area contributed by atoms with E-state index in [1.165, 1.54) is 61.6 Å². The molecular formula is C25H44O. The predicted octanol–water partition coefficient (Wildman–Crippen LogP) is 7.96. The average Bonchev–Trinajstić information content (AvgIpc) is 2.57. The van der Waals surface area contributed by atoms with E-state index in [4.69, 9.17) is 0 Å². The molecule has 0 aliphatic heterocycles. The SMILES string of the molecule is CCCCCCCc1cc(C(C)(C)C)cc(CC(C)(CC)CCC)c1O. The van der Waals surface area contributed by atoms with Gasteiger partial charge in [-0.3, -0.25) is 0 Å². The highest BCUT2D eigenvalue weighted by Gasteiger charge is 2.25. The predicted molar refractivity (Wildman–Crippen MR) is 116 cm³/mol. The van der Waals surface area contributed by atoms with Gasteiger partial charge in [0.15, 0.2) is 0 Å². The minimum atomic E-state index is 0.118. The van der Waals surface area contributed by atoms with Crippen molar-refractivity contribution in [3.8, 4) is 5.75 Å². The maximum atomic E-state index is 11.0. The minimum absolute atomic E-state index is 0.118. The first-order chi connectivity index (χ1) is 12.2. The standard InChI is InChI=1S/C25H44O/c1-8-11-12-13-14-15-20-17-22(24(4,5)6)18-21(23(20)26)19-25(7,10-3)16-9-2/h17-18,26H,8-16,19H2,1-7H3. The lowest BCUT2D eigenvalue weighted by atomic mass is 9.75. The summed E-state index contributed by atoms with van der Waals surface area (Å²) in [4.78, 5) is 0. The van der Waals surface area contributed by atoms with Crippen LogP contribution in [0, 0.1) is 5.41 Å². The van der Waals surface area contributed by atoms with E-state index in [1.54, 1.807) is 0 Å². The van der Waals surface area contributed by atoms with Gasteiger partial charge in [-0.05, 0) is 53.2 Å². The average molecular weight is 361 g/mol. The molecule has 1 aromatic carbocycles. The molecule has 1 unspecified atom stereocenters. The highest BCUT2D eigenvalue weighted by molar-refractivity contribution is 5.46. The number of hydrogen-bond donors (Lipinski definition) is 1. The molecule has 0 aromatic heterocycles. The monoisotopic (exact) mass is 360 g/mol. The van der Waals surface area contributed by atoms with Crippen molar-refractivity contribution in [3.63, 3.8) is 0 Å². The Hall–Kier alpha value is -0.980. The lowest BCUT2D eigenvalue weighted by Crippen LogP contribution is -2.20. The molecule has 0 saturated carbocycles. The van der Waals surface area contributed by atoms with E-state index in [-0.39, 0.29) is 10.8 Å². The van der Waals surface area contributed by atoms with E-state index in [9.17, 15) is 5.11 Å². The van der Waals surface area contributed by atoms with Gasteiger partial charge in [-0.2, -0.15) is 0 Å². The van der Waals surface area contributed by atoms with Crippen LogP contribution >= 0.6 is 0 Å². The van der Waals surface area contributed by atoms with Gasteiger partial charge in [0.05, 0.1) is 0 Å². The topological polar surface area (TPSA) is 20.2 Å². The second kappa shape index (κ2) is 10.4. The highest BCUT2D eigenvalue weighted by Crippen LogP contribution is 2.38. The lowest BCUT2D eigenvalue weighted by Gasteiger charge is -2.30. The van der Waals surface area contributed by atoms with Crippen LogP contribution in [-0.2, 0) is 18.3 Å². The van der Waals surface area contributed by atoms with Gasteiger partial charge >= 0.3 is 0 Å². The van der Waals surface area contributed by atoms with Crippen LogP contribution < -0.4 is 0 Å². The van der Waals surface area contributed by atoms with Crippen molar-refractivity contribution in [2.24, 2.45) is 5.41 Å². The molecule has 1 aromatic rings. The van der Waals surface area contributed by atoms with Crippen molar-refractivity contribution in [2.45, 2.75) is 118 Å². The summed E-state index contributed by atoms with van der Waals surface area (Å²) in [5, 5.41) is 11.0. The number of aryl methyl sites for hydroxylation is 1. The number of hydrogen-bond acceptors (Lipinski definition) is 1. The van der Waals surface area contributed by atoms with Crippen LogP contribution in [0.25, 0.3) is 0 Å². The molecule has 0 aliphatic rings. The first-order valence-corrected chi connectivity index (χ1v) is 11.0. The fourth-order valence-electron chi connectivity index (χ4n) is 3.89. The molecule has 1 rings (SSSR count). The number of unbranched alkanes of at least 4 members (excludes halogenated alkanes) is 4. The minimum Gasteiger partial charge on any atom is -0.507 e. The molecule has 1 heteroatoms. The highest BCUT2D eigenvalue weighted by atomic mass is 16.3. The summed E-state index contributed by atoms with van der Waals surface area (Å²) >= 11 is 0. The number of aromatic hydroxyl groups is 1. The zero-order chi connectivity index (χ0) is 19.8. The molecule has 0 radical (unpaired) electrons. The van der Waals surface area contributed by atoms with E-state index >= 15 is 0 Å². The number of phenols is 1. The van der Waals surface area contributed by atoms with Crippen LogP contribution in [0.3, 0.4) is 0 Å². The lowest BCUT2D eigenvalue weighted by molar-refractivity contribution is 0.275. The smallest absolute Gasteiger partial charge is 0.121 e. The van der Waals surface area contributed by atoms with Gasteiger partial charge in [-0.1, -0.05) is 99.1 Å². The quantitative estimate of drug-likeness (QED) is 0.397. The Morgan fingerprint density at radius 3 is 1.96 bits per heavy atom. The van der Waals surface area contributed by atoms with Crippen molar-refractivity contribution in [1.29, 1.82) is 0 Å². The largest absolute Gasteiger partial charge is 0.507 e. The summed E-state index contributed by atoms with van der Waals surface area (Å²) in [6, 6.07) is 4.54. The third-order valence-corrected chi connectivity index (χ3v) is 6.01. The zero-order valence-corrected chi connectivity index (χ0v) is 18.7. The Balaban J connectivity index is 3.09. The van der Waals surface area contributed by atoms with Crippen molar-refractivity contribution in [3.05, 3.63) is 28.8 Å². The molecule has 0 saturated heterocycles. The Morgan fingerprint density at radius 2 is 1.42 bits per heavy atom. The first kappa shape index (κ1) is 23.1. The third-order valence-electron chi connectivity index (χ3n) is 6.01. The first-order valence-electron chi connectivity index (χ1n) is 11.0. The second-order valence-corrected chi connectivity index (χ2v) is 9.65. The summed E-state index contributed by atoms with van der Waals surface area (Å²) in [6.07, 6.45) is 11.9. The Bertz CT molecular complexity index is 538. The van der Waals surface area contributed by atoms with Crippen LogP contribution in [0.5, 0.6) is 5.75 Å². The maximum absolute atomic E-state index is 11.0. The number of phenolic OH excluding ortho intramolecular Hbond substituents is 1. The van der Waals surface area contributed by atoms with Crippen molar-refractivity contribution in [1.82, 2.24) is 0 Å². The Labute approximate surface area is 163 Å². The Morgan fingerprint density at radius 1 is 0.808 bits per heavy atom. The summed E-state index contributed by atoms with van der Waals surface area (Å²) in [6.45, 7) is 16.0. The fourth-order valence-corrected chi connectivity index (χ4v) is 3.89. The Kier molecular flexibility index (Phi) is 9.21. The summed E-state index contributed by atoms with van der Waals surface area (Å²) in [5.41, 5.74) is 4.09. The van der Waals surface area contributed by atoms with Gasteiger partial charge < -0.3 is 5.11 Å². The van der Waals surface area contributed by atoms with Crippen molar-refractivity contribution >= 4 is 0 Å². The maximum Gasteiger partial charge on any atom is 0.121 e. The van der Waals surface area contributed by atoms with Gasteiger partial charge in [0.1, 0.15) is 5.75 Å². The fraction of sp³-hybridized carbons (Fsp3) is 0.760. The molecule has 1 N–H and O–H groups in total. The molecule has 0 aliphatic carbocycles. The van der Waals surface area contributed by atoms with Crippen LogP contribution in [0.2, 0.25) is 0 Å². The molecule has 0 amide bonds. The van der Waals surface area contributed by atoms with Crippen LogP contribution in [-0.4, -0.2) is 5.11 Å². The van der Waals surface area contributed by atoms with Gasteiger partial charge in [-0.15, -0.1) is 0 Å². The van der Waals surface area contributed by atoms with Gasteiger partial charge in [0.2, 0.25) is 0 Å². The molecule has 0 heterocycles. The molecule has 0 bridgehead atoms. The van der Waals surface area contributed by atoms with Gasteiger partial charge in [0, 0.05) is 0 Å². The third kappa shape index (κ3) is 6.97. The summed E-state index contributed by atoms with van der Waals surface area (Å²) in [7, 11) is 0. The van der Waals surface area contributed by atoms with Crippen molar-refractivity contribution in [2.75, 3.05) is 0 Å². The molecule has 1 atom stereocenters.